The summed E-state index contributed by atoms with van der Waals surface area (Å²) in [4.78, 5) is 0. The average molecular weight is 201 g/mol. The van der Waals surface area contributed by atoms with Crippen LogP contribution in [0.2, 0.25) is 0 Å². The van der Waals surface area contributed by atoms with Crippen molar-refractivity contribution in [3.63, 3.8) is 0 Å². The van der Waals surface area contributed by atoms with E-state index in [0.717, 1.165) is 23.5 Å². The molecule has 0 fully saturated rings. The van der Waals surface area contributed by atoms with E-state index in [2.05, 4.69) is 31.1 Å². The highest BCUT2D eigenvalue weighted by Crippen LogP contribution is 2.19. The molecule has 1 aromatic carbocycles. The molecule has 78 valence electrons. The molecule has 0 bridgehead atoms. The number of nitrogen functional groups attached to an aromatic ring is 1. The van der Waals surface area contributed by atoms with Gasteiger partial charge in [-0.2, -0.15) is 5.10 Å². The van der Waals surface area contributed by atoms with E-state index in [4.69, 9.17) is 5.73 Å². The molecule has 0 aliphatic rings. The first-order valence-electron chi connectivity index (χ1n) is 5.12. The van der Waals surface area contributed by atoms with Crippen molar-refractivity contribution in [3.8, 4) is 5.69 Å². The van der Waals surface area contributed by atoms with Gasteiger partial charge in [0, 0.05) is 0 Å². The predicted octanol–water partition coefficient (Wildman–Crippen LogP) is 2.33. The van der Waals surface area contributed by atoms with Crippen LogP contribution in [0.5, 0.6) is 0 Å². The smallest absolute Gasteiger partial charge is 0.0737 e. The number of anilines is 1. The zero-order valence-corrected chi connectivity index (χ0v) is 9.07. The van der Waals surface area contributed by atoms with Crippen molar-refractivity contribution in [2.45, 2.75) is 20.3 Å². The second kappa shape index (κ2) is 3.77. The van der Waals surface area contributed by atoms with Crippen LogP contribution in [-0.2, 0) is 6.42 Å². The van der Waals surface area contributed by atoms with Crippen molar-refractivity contribution in [2.24, 2.45) is 0 Å². The van der Waals surface area contributed by atoms with Crippen LogP contribution >= 0.6 is 0 Å². The Bertz CT molecular complexity index is 471. The zero-order chi connectivity index (χ0) is 10.8. The van der Waals surface area contributed by atoms with Crippen LogP contribution in [0, 0.1) is 6.92 Å². The summed E-state index contributed by atoms with van der Waals surface area (Å²) in [6, 6.07) is 8.17. The quantitative estimate of drug-likeness (QED) is 0.810. The summed E-state index contributed by atoms with van der Waals surface area (Å²) in [6.07, 6.45) is 2.60. The molecular formula is C12H15N3. The van der Waals surface area contributed by atoms with E-state index >= 15 is 0 Å². The lowest BCUT2D eigenvalue weighted by atomic mass is 10.2. The second-order valence-corrected chi connectivity index (χ2v) is 3.60. The SMILES string of the molecule is CCc1c(N)cnn1-c1ccccc1C. The lowest BCUT2D eigenvalue weighted by Gasteiger charge is -2.09. The first-order valence-corrected chi connectivity index (χ1v) is 5.12. The van der Waals surface area contributed by atoms with Gasteiger partial charge in [0.05, 0.1) is 23.3 Å². The lowest BCUT2D eigenvalue weighted by molar-refractivity contribution is 0.809. The third kappa shape index (κ3) is 1.61. The topological polar surface area (TPSA) is 43.8 Å². The number of hydrogen-bond acceptors (Lipinski definition) is 2. The van der Waals surface area contributed by atoms with E-state index in [1.807, 2.05) is 16.8 Å². The molecule has 0 atom stereocenters. The molecule has 3 nitrogen and oxygen atoms in total. The summed E-state index contributed by atoms with van der Waals surface area (Å²) in [5.74, 6) is 0. The van der Waals surface area contributed by atoms with Gasteiger partial charge in [-0.05, 0) is 25.0 Å². The van der Waals surface area contributed by atoms with Gasteiger partial charge in [-0.15, -0.1) is 0 Å². The minimum atomic E-state index is 0.765. The Labute approximate surface area is 89.5 Å². The minimum Gasteiger partial charge on any atom is -0.396 e. The van der Waals surface area contributed by atoms with E-state index in [-0.39, 0.29) is 0 Å². The van der Waals surface area contributed by atoms with Crippen molar-refractivity contribution >= 4 is 5.69 Å². The number of rotatable bonds is 2. The van der Waals surface area contributed by atoms with Crippen LogP contribution in [0.1, 0.15) is 18.2 Å². The molecule has 0 radical (unpaired) electrons. The Kier molecular flexibility index (Phi) is 2.46. The van der Waals surface area contributed by atoms with E-state index < -0.39 is 0 Å². The third-order valence-corrected chi connectivity index (χ3v) is 2.58. The average Bonchev–Trinajstić information content (AvgIpc) is 2.60. The van der Waals surface area contributed by atoms with Crippen LogP contribution in [0.25, 0.3) is 5.69 Å². The number of benzene rings is 1. The fourth-order valence-corrected chi connectivity index (χ4v) is 1.75. The number of aromatic nitrogens is 2. The maximum absolute atomic E-state index is 5.86. The first kappa shape index (κ1) is 9.77. The largest absolute Gasteiger partial charge is 0.396 e. The molecule has 0 aliphatic carbocycles. The normalized spacial score (nSPS) is 10.5. The summed E-state index contributed by atoms with van der Waals surface area (Å²) in [7, 11) is 0. The highest BCUT2D eigenvalue weighted by atomic mass is 15.3. The van der Waals surface area contributed by atoms with Crippen molar-refractivity contribution in [3.05, 3.63) is 41.7 Å². The zero-order valence-electron chi connectivity index (χ0n) is 9.07. The van der Waals surface area contributed by atoms with Gasteiger partial charge < -0.3 is 5.73 Å². The third-order valence-electron chi connectivity index (χ3n) is 2.58. The molecule has 0 amide bonds. The number of hydrogen-bond donors (Lipinski definition) is 1. The monoisotopic (exact) mass is 201 g/mol. The Hall–Kier alpha value is -1.77. The van der Waals surface area contributed by atoms with Crippen LogP contribution in [-0.4, -0.2) is 9.78 Å². The van der Waals surface area contributed by atoms with Crippen LogP contribution in [0.4, 0.5) is 5.69 Å². The molecule has 2 N–H and O–H groups in total. The fraction of sp³-hybridized carbons (Fsp3) is 0.250. The van der Waals surface area contributed by atoms with Crippen LogP contribution in [0.15, 0.2) is 30.5 Å². The molecule has 0 saturated heterocycles. The van der Waals surface area contributed by atoms with Crippen molar-refractivity contribution in [1.82, 2.24) is 9.78 Å². The van der Waals surface area contributed by atoms with Gasteiger partial charge >= 0.3 is 0 Å². The van der Waals surface area contributed by atoms with E-state index in [1.165, 1.54) is 5.56 Å². The Balaban J connectivity index is 2.59. The van der Waals surface area contributed by atoms with Gasteiger partial charge in [0.1, 0.15) is 0 Å². The summed E-state index contributed by atoms with van der Waals surface area (Å²) >= 11 is 0. The van der Waals surface area contributed by atoms with Crippen LogP contribution in [0.3, 0.4) is 0 Å². The molecule has 1 heterocycles. The molecule has 2 aromatic rings. The molecule has 1 aromatic heterocycles. The van der Waals surface area contributed by atoms with Crippen molar-refractivity contribution < 1.29 is 0 Å². The Morgan fingerprint density at radius 1 is 1.33 bits per heavy atom. The van der Waals surface area contributed by atoms with E-state index in [0.29, 0.717) is 0 Å². The predicted molar refractivity (Wildman–Crippen MR) is 62.1 cm³/mol. The highest BCUT2D eigenvalue weighted by molar-refractivity contribution is 5.48. The molecule has 15 heavy (non-hydrogen) atoms. The summed E-state index contributed by atoms with van der Waals surface area (Å²) in [5, 5.41) is 4.31. The summed E-state index contributed by atoms with van der Waals surface area (Å²) < 4.78 is 1.92. The molecule has 0 unspecified atom stereocenters. The van der Waals surface area contributed by atoms with Gasteiger partial charge in [0.15, 0.2) is 0 Å². The number of aryl methyl sites for hydroxylation is 1. The number of nitrogens with two attached hydrogens (primary N) is 1. The fourth-order valence-electron chi connectivity index (χ4n) is 1.75. The lowest BCUT2D eigenvalue weighted by Crippen LogP contribution is -2.04. The van der Waals surface area contributed by atoms with Crippen molar-refractivity contribution in [1.29, 1.82) is 0 Å². The van der Waals surface area contributed by atoms with Gasteiger partial charge in [-0.1, -0.05) is 25.1 Å². The van der Waals surface area contributed by atoms with Crippen LogP contribution < -0.4 is 5.73 Å². The minimum absolute atomic E-state index is 0.765. The van der Waals surface area contributed by atoms with E-state index in [1.54, 1.807) is 6.20 Å². The maximum atomic E-state index is 5.86. The molecular weight excluding hydrogens is 186 g/mol. The molecule has 0 spiro atoms. The summed E-state index contributed by atoms with van der Waals surface area (Å²) in [5.41, 5.74) is 10.0. The van der Waals surface area contributed by atoms with Gasteiger partial charge in [-0.3, -0.25) is 0 Å². The standard InChI is InChI=1S/C12H15N3/c1-3-11-10(13)8-14-15(11)12-7-5-4-6-9(12)2/h4-8H,3,13H2,1-2H3. The van der Waals surface area contributed by atoms with E-state index in [9.17, 15) is 0 Å². The first-order chi connectivity index (χ1) is 7.24. The highest BCUT2D eigenvalue weighted by Gasteiger charge is 2.08. The van der Waals surface area contributed by atoms with Gasteiger partial charge in [-0.25, -0.2) is 4.68 Å². The van der Waals surface area contributed by atoms with Gasteiger partial charge in [0.25, 0.3) is 0 Å². The maximum Gasteiger partial charge on any atom is 0.0737 e. The second-order valence-electron chi connectivity index (χ2n) is 3.60. The number of para-hydroxylation sites is 1. The molecule has 0 aliphatic heterocycles. The van der Waals surface area contributed by atoms with Crippen molar-refractivity contribution in [2.75, 3.05) is 5.73 Å². The Morgan fingerprint density at radius 3 is 2.73 bits per heavy atom. The Morgan fingerprint density at radius 2 is 2.07 bits per heavy atom. The van der Waals surface area contributed by atoms with Gasteiger partial charge in [0.2, 0.25) is 0 Å². The number of nitrogens with zero attached hydrogens (tertiary/aromatic N) is 2. The summed E-state index contributed by atoms with van der Waals surface area (Å²) in [6.45, 7) is 4.16. The molecule has 0 saturated carbocycles. The molecule has 2 rings (SSSR count). The molecule has 3 heteroatoms.